The molecule has 35 heavy (non-hydrogen) atoms. The zero-order chi connectivity index (χ0) is 25.3. The van der Waals surface area contributed by atoms with Crippen LogP contribution in [-0.2, 0) is 10.0 Å². The number of hydrogen-bond donors (Lipinski definition) is 4. The predicted octanol–water partition coefficient (Wildman–Crippen LogP) is 4.38. The highest BCUT2D eigenvalue weighted by molar-refractivity contribution is 7.92. The molecule has 9 nitrogen and oxygen atoms in total. The Hall–Kier alpha value is -3.68. The summed E-state index contributed by atoms with van der Waals surface area (Å²) in [6.45, 7) is 0. The fourth-order valence-electron chi connectivity index (χ4n) is 3.17. The summed E-state index contributed by atoms with van der Waals surface area (Å²) < 4.78 is 56.5. The normalized spacial score (nSPS) is 11.3. The van der Waals surface area contributed by atoms with Crippen molar-refractivity contribution < 1.29 is 22.0 Å². The van der Waals surface area contributed by atoms with E-state index in [1.54, 1.807) is 36.0 Å². The van der Waals surface area contributed by atoms with Gasteiger partial charge < -0.3 is 10.6 Å². The third-order valence-electron chi connectivity index (χ3n) is 4.72. The van der Waals surface area contributed by atoms with Crippen LogP contribution in [0.4, 0.5) is 25.0 Å². The maximum absolute atomic E-state index is 14.8. The van der Waals surface area contributed by atoms with Crippen molar-refractivity contribution in [3.63, 3.8) is 0 Å². The van der Waals surface area contributed by atoms with Gasteiger partial charge in [-0.1, -0.05) is 23.7 Å². The summed E-state index contributed by atoms with van der Waals surface area (Å²) in [4.78, 5) is 24.6. The molecule has 182 valence electrons. The lowest BCUT2D eigenvalue weighted by molar-refractivity contribution is 0.256. The zero-order valence-corrected chi connectivity index (χ0v) is 20.1. The molecule has 2 aromatic carbocycles. The van der Waals surface area contributed by atoms with E-state index in [2.05, 4.69) is 15.7 Å². The molecule has 4 rings (SSSR count). The second-order valence-electron chi connectivity index (χ2n) is 7.08. The Morgan fingerprint density at radius 1 is 1.06 bits per heavy atom. The largest absolute Gasteiger partial charge is 0.388 e. The molecule has 2 heterocycles. The van der Waals surface area contributed by atoms with Crippen LogP contribution in [0.2, 0.25) is 4.34 Å². The van der Waals surface area contributed by atoms with Crippen molar-refractivity contribution in [3.05, 3.63) is 80.9 Å². The number of urea groups is 1. The van der Waals surface area contributed by atoms with Gasteiger partial charge in [0.15, 0.2) is 11.6 Å². The molecule has 0 aliphatic heterocycles. The van der Waals surface area contributed by atoms with E-state index in [9.17, 15) is 26.8 Å². The van der Waals surface area contributed by atoms with Gasteiger partial charge in [-0.2, -0.15) is 0 Å². The molecule has 0 saturated heterocycles. The van der Waals surface area contributed by atoms with Crippen LogP contribution in [0, 0.1) is 11.6 Å². The van der Waals surface area contributed by atoms with Gasteiger partial charge in [-0.3, -0.25) is 9.89 Å². The van der Waals surface area contributed by atoms with Crippen LogP contribution in [0.1, 0.15) is 0 Å². The first-order valence-corrected chi connectivity index (χ1v) is 12.4. The quantitative estimate of drug-likeness (QED) is 0.289. The molecule has 2 aromatic heterocycles. The van der Waals surface area contributed by atoms with Crippen molar-refractivity contribution >= 4 is 50.4 Å². The second kappa shape index (κ2) is 9.52. The van der Waals surface area contributed by atoms with Crippen LogP contribution < -0.4 is 20.9 Å². The number of aromatic nitrogens is 2. The first kappa shape index (κ1) is 24.4. The molecular formula is C21H16ClF2N5O4S2. The van der Waals surface area contributed by atoms with Crippen LogP contribution in [0.25, 0.3) is 16.9 Å². The number of benzene rings is 2. The van der Waals surface area contributed by atoms with Crippen molar-refractivity contribution in [1.82, 2.24) is 14.5 Å². The Labute approximate surface area is 206 Å². The Morgan fingerprint density at radius 3 is 2.40 bits per heavy atom. The van der Waals surface area contributed by atoms with Crippen molar-refractivity contribution in [1.29, 1.82) is 0 Å². The van der Waals surface area contributed by atoms with Crippen molar-refractivity contribution in [2.75, 3.05) is 17.7 Å². The first-order chi connectivity index (χ1) is 16.6. The number of nitrogens with one attached hydrogen (secondary N) is 4. The van der Waals surface area contributed by atoms with E-state index in [1.807, 2.05) is 0 Å². The summed E-state index contributed by atoms with van der Waals surface area (Å²) in [6, 6.07) is 11.0. The minimum atomic E-state index is -4.23. The summed E-state index contributed by atoms with van der Waals surface area (Å²) >= 11 is 6.43. The standard InChI is InChI=1S/C21H16ClF2N5O4S2/c1-25-12-4-2-3-11(7-12)16-10-18(30)29(27-16)20-14(23)8-13(9-15(20)24)26-21(31)28-35(32,33)19-6-5-17(22)34-19/h2-10,25,27H,1H3,(H2,26,28,31). The van der Waals surface area contributed by atoms with Gasteiger partial charge in [-0.15, -0.1) is 11.3 Å². The molecule has 0 saturated carbocycles. The average Bonchev–Trinajstić information content (AvgIpc) is 3.39. The van der Waals surface area contributed by atoms with E-state index in [1.165, 1.54) is 18.2 Å². The molecule has 14 heteroatoms. The zero-order valence-electron chi connectivity index (χ0n) is 17.7. The van der Waals surface area contributed by atoms with Gasteiger partial charge in [0, 0.05) is 30.1 Å². The Bertz CT molecular complexity index is 1570. The molecule has 0 fully saturated rings. The Morgan fingerprint density at radius 2 is 1.77 bits per heavy atom. The van der Waals surface area contributed by atoms with E-state index >= 15 is 0 Å². The summed E-state index contributed by atoms with van der Waals surface area (Å²) in [5.74, 6) is -2.35. The van der Waals surface area contributed by atoms with Gasteiger partial charge in [0.25, 0.3) is 15.6 Å². The van der Waals surface area contributed by atoms with E-state index < -0.39 is 38.9 Å². The first-order valence-electron chi connectivity index (χ1n) is 9.76. The molecule has 4 N–H and O–H groups in total. The van der Waals surface area contributed by atoms with Gasteiger partial charge in [0.1, 0.15) is 9.90 Å². The summed E-state index contributed by atoms with van der Waals surface area (Å²) in [5, 5.41) is 7.67. The van der Waals surface area contributed by atoms with Crippen molar-refractivity contribution in [2.45, 2.75) is 4.21 Å². The van der Waals surface area contributed by atoms with Gasteiger partial charge in [-0.25, -0.2) is 31.4 Å². The number of amides is 2. The highest BCUT2D eigenvalue weighted by Gasteiger charge is 2.22. The average molecular weight is 540 g/mol. The fraction of sp³-hybridized carbons (Fsp3) is 0.0476. The number of halogens is 3. The van der Waals surface area contributed by atoms with Gasteiger partial charge >= 0.3 is 6.03 Å². The van der Waals surface area contributed by atoms with E-state index in [0.717, 1.165) is 29.2 Å². The van der Waals surface area contributed by atoms with Crippen LogP contribution >= 0.6 is 22.9 Å². The van der Waals surface area contributed by atoms with E-state index in [-0.39, 0.29) is 14.2 Å². The maximum atomic E-state index is 14.8. The number of H-pyrrole nitrogens is 1. The summed E-state index contributed by atoms with van der Waals surface area (Å²) in [7, 11) is -2.51. The minimum Gasteiger partial charge on any atom is -0.388 e. The number of nitrogens with zero attached hydrogens (tertiary/aromatic N) is 1. The topological polar surface area (TPSA) is 125 Å². The lowest BCUT2D eigenvalue weighted by Crippen LogP contribution is -2.34. The number of aromatic amines is 1. The number of hydrogen-bond acceptors (Lipinski definition) is 6. The number of anilines is 2. The predicted molar refractivity (Wildman–Crippen MR) is 130 cm³/mol. The number of rotatable bonds is 6. The summed E-state index contributed by atoms with van der Waals surface area (Å²) in [5.41, 5.74) is -0.0821. The van der Waals surface area contributed by atoms with Gasteiger partial charge in [-0.05, 0) is 36.4 Å². The number of carbonyl (C=O) groups is 1. The van der Waals surface area contributed by atoms with Crippen molar-refractivity contribution in [3.8, 4) is 16.9 Å². The molecule has 2 amide bonds. The number of carbonyl (C=O) groups excluding carboxylic acids is 1. The van der Waals surface area contributed by atoms with Gasteiger partial charge in [0.2, 0.25) is 0 Å². The number of sulfonamides is 1. The molecule has 0 atom stereocenters. The van der Waals surface area contributed by atoms with Crippen LogP contribution in [0.5, 0.6) is 0 Å². The third-order valence-corrected chi connectivity index (χ3v) is 7.78. The molecule has 0 radical (unpaired) electrons. The summed E-state index contributed by atoms with van der Waals surface area (Å²) in [6.07, 6.45) is 0. The van der Waals surface area contributed by atoms with E-state index in [0.29, 0.717) is 15.9 Å². The minimum absolute atomic E-state index is 0.197. The van der Waals surface area contributed by atoms with Crippen molar-refractivity contribution in [2.24, 2.45) is 0 Å². The molecular weight excluding hydrogens is 524 g/mol. The lowest BCUT2D eigenvalue weighted by Gasteiger charge is -2.11. The monoisotopic (exact) mass is 539 g/mol. The van der Waals surface area contributed by atoms with E-state index in [4.69, 9.17) is 11.6 Å². The Balaban J connectivity index is 1.58. The molecule has 0 aliphatic carbocycles. The maximum Gasteiger partial charge on any atom is 0.333 e. The van der Waals surface area contributed by atoms with Crippen LogP contribution in [-0.4, -0.2) is 31.3 Å². The van der Waals surface area contributed by atoms with Crippen LogP contribution in [0.3, 0.4) is 0 Å². The lowest BCUT2D eigenvalue weighted by atomic mass is 10.1. The third kappa shape index (κ3) is 5.21. The van der Waals surface area contributed by atoms with Crippen LogP contribution in [0.15, 0.2) is 63.6 Å². The smallest absolute Gasteiger partial charge is 0.333 e. The molecule has 0 unspecified atom stereocenters. The molecule has 0 aliphatic rings. The highest BCUT2D eigenvalue weighted by Crippen LogP contribution is 2.26. The molecule has 4 aromatic rings. The Kier molecular flexibility index (Phi) is 6.65. The highest BCUT2D eigenvalue weighted by atomic mass is 35.5. The molecule has 0 spiro atoms. The fourth-order valence-corrected chi connectivity index (χ4v) is 5.56. The second-order valence-corrected chi connectivity index (χ2v) is 10.7. The SMILES string of the molecule is CNc1cccc(-c2cc(=O)n(-c3c(F)cc(NC(=O)NS(=O)(=O)c4ccc(Cl)s4)cc3F)[nH]2)c1. The molecule has 0 bridgehead atoms. The van der Waals surface area contributed by atoms with Gasteiger partial charge in [0.05, 0.1) is 10.0 Å². The number of thiophene rings is 1.